The van der Waals surface area contributed by atoms with Gasteiger partial charge in [0.05, 0.1) is 11.6 Å². The van der Waals surface area contributed by atoms with Gasteiger partial charge in [-0.1, -0.05) is 35.9 Å². The Labute approximate surface area is 188 Å². The molecule has 0 aliphatic rings. The van der Waals surface area contributed by atoms with E-state index < -0.39 is 5.91 Å². The van der Waals surface area contributed by atoms with E-state index in [1.807, 2.05) is 12.1 Å². The van der Waals surface area contributed by atoms with Gasteiger partial charge >= 0.3 is 0 Å². The number of amides is 1. The van der Waals surface area contributed by atoms with Gasteiger partial charge in [0.25, 0.3) is 5.91 Å². The fourth-order valence-electron chi connectivity index (χ4n) is 3.29. The molecule has 158 valence electrons. The third-order valence-electron chi connectivity index (χ3n) is 4.84. The Morgan fingerprint density at radius 3 is 2.62 bits per heavy atom. The van der Waals surface area contributed by atoms with Crippen LogP contribution in [0.4, 0.5) is 0 Å². The fraction of sp³-hybridized carbons (Fsp3) is 0.0417. The van der Waals surface area contributed by atoms with Crippen molar-refractivity contribution >= 4 is 17.5 Å². The average molecular weight is 445 g/mol. The molecular weight excluding hydrogens is 428 g/mol. The quantitative estimate of drug-likeness (QED) is 0.399. The van der Waals surface area contributed by atoms with Gasteiger partial charge in [-0.3, -0.25) is 9.89 Å². The third kappa shape index (κ3) is 4.26. The average Bonchev–Trinajstić information content (AvgIpc) is 3.24. The van der Waals surface area contributed by atoms with Crippen molar-refractivity contribution in [1.29, 1.82) is 5.26 Å². The number of ether oxygens (including phenoxy) is 1. The highest BCUT2D eigenvalue weighted by molar-refractivity contribution is 6.30. The second kappa shape index (κ2) is 8.84. The number of nitrogens with one attached hydrogen (secondary N) is 1. The van der Waals surface area contributed by atoms with Crippen LogP contribution >= 0.6 is 11.6 Å². The second-order valence-corrected chi connectivity index (χ2v) is 7.41. The first-order valence-electron chi connectivity index (χ1n) is 9.55. The molecule has 7 nitrogen and oxygen atoms in total. The molecule has 0 aliphatic carbocycles. The number of hydrogen-bond donors (Lipinski definition) is 3. The van der Waals surface area contributed by atoms with Crippen LogP contribution in [0.3, 0.4) is 0 Å². The number of phenols is 1. The molecule has 4 aromatic rings. The number of aromatic nitrogens is 2. The Kier molecular flexibility index (Phi) is 5.79. The number of primary amides is 1. The molecule has 1 amide bonds. The second-order valence-electron chi connectivity index (χ2n) is 6.97. The zero-order chi connectivity index (χ0) is 22.7. The molecule has 0 atom stereocenters. The van der Waals surface area contributed by atoms with Gasteiger partial charge in [-0.15, -0.1) is 0 Å². The molecule has 32 heavy (non-hydrogen) atoms. The molecule has 0 radical (unpaired) electrons. The number of aromatic amines is 1. The zero-order valence-corrected chi connectivity index (χ0v) is 17.4. The molecule has 0 aliphatic heterocycles. The molecule has 0 fully saturated rings. The molecule has 1 heterocycles. The summed E-state index contributed by atoms with van der Waals surface area (Å²) in [6.07, 6.45) is 0. The number of nitrogens with zero attached hydrogens (tertiary/aromatic N) is 2. The van der Waals surface area contributed by atoms with E-state index in [1.165, 1.54) is 6.07 Å². The van der Waals surface area contributed by atoms with E-state index in [0.717, 1.165) is 5.56 Å². The Hall–Kier alpha value is -4.28. The predicted octanol–water partition coefficient (Wildman–Crippen LogP) is 4.65. The van der Waals surface area contributed by atoms with Gasteiger partial charge in [-0.25, -0.2) is 0 Å². The van der Waals surface area contributed by atoms with Crippen molar-refractivity contribution in [3.8, 4) is 40.0 Å². The highest BCUT2D eigenvalue weighted by Crippen LogP contribution is 2.39. The van der Waals surface area contributed by atoms with Crippen molar-refractivity contribution in [3.05, 3.63) is 88.6 Å². The molecule has 8 heteroatoms. The number of carbonyl (C=O) groups excluding carboxylic acids is 1. The molecule has 0 saturated heterocycles. The number of carbonyl (C=O) groups is 1. The first-order chi connectivity index (χ1) is 15.5. The smallest absolute Gasteiger partial charge is 0.267 e. The maximum absolute atomic E-state index is 12.0. The number of aromatic hydroxyl groups is 1. The highest BCUT2D eigenvalue weighted by Gasteiger charge is 2.22. The SMILES string of the molecule is N#Cc1cccc(-c2c(-c3ccc(OCc4ccc(Cl)cc4)cc3O)n[nH]c2C(N)=O)c1. The van der Waals surface area contributed by atoms with E-state index in [-0.39, 0.29) is 11.4 Å². The van der Waals surface area contributed by atoms with E-state index >= 15 is 0 Å². The van der Waals surface area contributed by atoms with Crippen LogP contribution in [0.1, 0.15) is 21.6 Å². The van der Waals surface area contributed by atoms with Crippen molar-refractivity contribution in [2.45, 2.75) is 6.61 Å². The number of H-pyrrole nitrogens is 1. The largest absolute Gasteiger partial charge is 0.507 e. The first kappa shape index (κ1) is 21.0. The van der Waals surface area contributed by atoms with Gasteiger partial charge in [0.1, 0.15) is 29.5 Å². The van der Waals surface area contributed by atoms with Crippen LogP contribution < -0.4 is 10.5 Å². The van der Waals surface area contributed by atoms with Crippen molar-refractivity contribution in [2.75, 3.05) is 0 Å². The molecule has 1 aromatic heterocycles. The minimum atomic E-state index is -0.705. The van der Waals surface area contributed by atoms with E-state index in [1.54, 1.807) is 48.5 Å². The number of benzene rings is 3. The molecule has 0 saturated carbocycles. The lowest BCUT2D eigenvalue weighted by atomic mass is 9.97. The lowest BCUT2D eigenvalue weighted by Gasteiger charge is -2.10. The van der Waals surface area contributed by atoms with Crippen molar-refractivity contribution < 1.29 is 14.6 Å². The minimum Gasteiger partial charge on any atom is -0.507 e. The van der Waals surface area contributed by atoms with E-state index in [4.69, 9.17) is 22.1 Å². The summed E-state index contributed by atoms with van der Waals surface area (Å²) in [6, 6.07) is 20.8. The Morgan fingerprint density at radius 2 is 1.94 bits per heavy atom. The molecule has 0 spiro atoms. The summed E-state index contributed by atoms with van der Waals surface area (Å²) in [4.78, 5) is 12.0. The first-order valence-corrected chi connectivity index (χ1v) is 9.93. The monoisotopic (exact) mass is 444 g/mol. The van der Waals surface area contributed by atoms with E-state index in [0.29, 0.717) is 45.3 Å². The van der Waals surface area contributed by atoms with Gasteiger partial charge in [-0.05, 0) is 47.5 Å². The summed E-state index contributed by atoms with van der Waals surface area (Å²) in [5.41, 5.74) is 8.62. The van der Waals surface area contributed by atoms with Crippen LogP contribution in [0.2, 0.25) is 5.02 Å². The van der Waals surface area contributed by atoms with Crippen molar-refractivity contribution in [2.24, 2.45) is 5.73 Å². The number of halogens is 1. The molecule has 4 N–H and O–H groups in total. The molecule has 4 rings (SSSR count). The van der Waals surface area contributed by atoms with Gasteiger partial charge in [0.15, 0.2) is 0 Å². The summed E-state index contributed by atoms with van der Waals surface area (Å²) in [5, 5.41) is 27.4. The molecule has 3 aromatic carbocycles. The summed E-state index contributed by atoms with van der Waals surface area (Å²) >= 11 is 5.89. The van der Waals surface area contributed by atoms with Crippen molar-refractivity contribution in [3.63, 3.8) is 0 Å². The Morgan fingerprint density at radius 1 is 1.16 bits per heavy atom. The van der Waals surface area contributed by atoms with Crippen LogP contribution in [-0.4, -0.2) is 21.2 Å². The van der Waals surface area contributed by atoms with E-state index in [9.17, 15) is 15.2 Å². The maximum Gasteiger partial charge on any atom is 0.267 e. The number of phenolic OH excluding ortho intramolecular Hbond substituents is 1. The summed E-state index contributed by atoms with van der Waals surface area (Å²) in [5.74, 6) is -0.331. The minimum absolute atomic E-state index is 0.0811. The van der Waals surface area contributed by atoms with E-state index in [2.05, 4.69) is 16.3 Å². The summed E-state index contributed by atoms with van der Waals surface area (Å²) in [6.45, 7) is 0.302. The number of nitrogens with two attached hydrogens (primary N) is 1. The predicted molar refractivity (Wildman–Crippen MR) is 120 cm³/mol. The zero-order valence-electron chi connectivity index (χ0n) is 16.7. The highest BCUT2D eigenvalue weighted by atomic mass is 35.5. The van der Waals surface area contributed by atoms with Gasteiger partial charge in [-0.2, -0.15) is 10.4 Å². The number of rotatable bonds is 6. The fourth-order valence-corrected chi connectivity index (χ4v) is 3.42. The summed E-state index contributed by atoms with van der Waals surface area (Å²) < 4.78 is 5.75. The third-order valence-corrected chi connectivity index (χ3v) is 5.09. The van der Waals surface area contributed by atoms with Crippen LogP contribution in [-0.2, 0) is 6.61 Å². The van der Waals surface area contributed by atoms with Crippen LogP contribution in [0, 0.1) is 11.3 Å². The van der Waals surface area contributed by atoms with Gasteiger partial charge in [0.2, 0.25) is 0 Å². The lowest BCUT2D eigenvalue weighted by molar-refractivity contribution is 0.0996. The Balaban J connectivity index is 1.68. The molecule has 0 bridgehead atoms. The summed E-state index contributed by atoms with van der Waals surface area (Å²) in [7, 11) is 0. The molecular formula is C24H17ClN4O3. The topological polar surface area (TPSA) is 125 Å². The Bertz CT molecular complexity index is 1340. The maximum atomic E-state index is 12.0. The van der Waals surface area contributed by atoms with Crippen LogP contribution in [0.25, 0.3) is 22.4 Å². The number of hydrogen-bond acceptors (Lipinski definition) is 5. The van der Waals surface area contributed by atoms with Gasteiger partial charge < -0.3 is 15.6 Å². The normalized spacial score (nSPS) is 10.5. The van der Waals surface area contributed by atoms with Crippen LogP contribution in [0.15, 0.2) is 66.7 Å². The lowest BCUT2D eigenvalue weighted by Crippen LogP contribution is -2.12. The van der Waals surface area contributed by atoms with Crippen molar-refractivity contribution in [1.82, 2.24) is 10.2 Å². The van der Waals surface area contributed by atoms with Crippen LogP contribution in [0.5, 0.6) is 11.5 Å². The number of nitriles is 1. The van der Waals surface area contributed by atoms with Gasteiger partial charge in [0, 0.05) is 22.2 Å². The standard InChI is InChI=1S/C24H17ClN4O3/c25-17-6-4-14(5-7-17)13-32-18-8-9-19(20(30)11-18)22-21(23(24(27)31)29-28-22)16-3-1-2-15(10-16)12-26/h1-11,30H,13H2,(H2,27,31)(H,28,29). The molecule has 0 unspecified atom stereocenters.